The number of hydrogen-bond donors (Lipinski definition) is 1. The minimum Gasteiger partial charge on any atom is -0.468 e. The first-order chi connectivity index (χ1) is 13.2. The van der Waals surface area contributed by atoms with E-state index in [9.17, 15) is 9.59 Å². The molecule has 7 nitrogen and oxygen atoms in total. The lowest BCUT2D eigenvalue weighted by Crippen LogP contribution is -2.48. The van der Waals surface area contributed by atoms with Gasteiger partial charge in [0.2, 0.25) is 5.91 Å². The zero-order chi connectivity index (χ0) is 20.7. The Morgan fingerprint density at radius 2 is 2.07 bits per heavy atom. The average molecular weight is 394 g/mol. The fourth-order valence-corrected chi connectivity index (χ4v) is 3.58. The van der Waals surface area contributed by atoms with Gasteiger partial charge in [-0.3, -0.25) is 9.69 Å². The van der Waals surface area contributed by atoms with E-state index in [1.807, 2.05) is 32.9 Å². The Hall–Kier alpha value is -2.02. The van der Waals surface area contributed by atoms with Crippen molar-refractivity contribution in [3.05, 3.63) is 24.2 Å². The predicted octanol–water partition coefficient (Wildman–Crippen LogP) is 3.43. The highest BCUT2D eigenvalue weighted by Gasteiger charge is 2.31. The number of piperidine rings is 1. The van der Waals surface area contributed by atoms with Crippen LogP contribution in [-0.4, -0.2) is 60.1 Å². The molecule has 0 radical (unpaired) electrons. The van der Waals surface area contributed by atoms with Gasteiger partial charge in [0, 0.05) is 19.6 Å². The van der Waals surface area contributed by atoms with E-state index in [0.717, 1.165) is 31.7 Å². The van der Waals surface area contributed by atoms with Gasteiger partial charge < -0.3 is 19.4 Å². The molecule has 0 aromatic carbocycles. The molecule has 0 aliphatic carbocycles. The minimum absolute atomic E-state index is 0.000463. The van der Waals surface area contributed by atoms with Crippen LogP contribution in [0.3, 0.4) is 0 Å². The number of amides is 2. The van der Waals surface area contributed by atoms with Gasteiger partial charge in [-0.15, -0.1) is 0 Å². The summed E-state index contributed by atoms with van der Waals surface area (Å²) in [6, 6.07) is 3.81. The van der Waals surface area contributed by atoms with Crippen molar-refractivity contribution in [1.82, 2.24) is 15.1 Å². The van der Waals surface area contributed by atoms with Gasteiger partial charge >= 0.3 is 6.09 Å². The maximum absolute atomic E-state index is 12.8. The third-order valence-corrected chi connectivity index (χ3v) is 5.04. The largest absolute Gasteiger partial charge is 0.468 e. The lowest BCUT2D eigenvalue weighted by atomic mass is 9.97. The number of nitrogens with one attached hydrogen (secondary N) is 1. The topological polar surface area (TPSA) is 75.0 Å². The third-order valence-electron chi connectivity index (χ3n) is 5.04. The number of likely N-dealkylation sites (tertiary alicyclic amines) is 1. The first-order valence-corrected chi connectivity index (χ1v) is 10.3. The summed E-state index contributed by atoms with van der Waals surface area (Å²) in [5.74, 6) is 0.621. The quantitative estimate of drug-likeness (QED) is 0.768. The van der Waals surface area contributed by atoms with Gasteiger partial charge in [-0.1, -0.05) is 13.8 Å². The Balaban J connectivity index is 1.94. The highest BCUT2D eigenvalue weighted by molar-refractivity contribution is 5.80. The molecule has 2 atom stereocenters. The fourth-order valence-electron chi connectivity index (χ4n) is 3.58. The standard InChI is InChI=1S/C21H35N3O4/c1-6-23(7-2)17(18-11-9-13-27-18)14-22-19(25)16-10-8-12-24(15-16)20(26)28-21(3,4)5/h9,11,13,16-17H,6-8,10,12,14-15H2,1-5H3,(H,22,25). The van der Waals surface area contributed by atoms with Gasteiger partial charge in [-0.25, -0.2) is 4.79 Å². The van der Waals surface area contributed by atoms with Crippen LogP contribution < -0.4 is 5.32 Å². The Kier molecular flexibility index (Phi) is 7.92. The number of furan rings is 1. The van der Waals surface area contributed by atoms with Crippen molar-refractivity contribution in [1.29, 1.82) is 0 Å². The molecule has 1 N–H and O–H groups in total. The first-order valence-electron chi connectivity index (χ1n) is 10.3. The molecule has 2 rings (SSSR count). The summed E-state index contributed by atoms with van der Waals surface area (Å²) in [6.45, 7) is 13.0. The van der Waals surface area contributed by atoms with Crippen molar-refractivity contribution >= 4 is 12.0 Å². The Labute approximate surface area is 168 Å². The number of nitrogens with zero attached hydrogens (tertiary/aromatic N) is 2. The third kappa shape index (κ3) is 6.26. The highest BCUT2D eigenvalue weighted by atomic mass is 16.6. The van der Waals surface area contributed by atoms with Crippen molar-refractivity contribution in [3.8, 4) is 0 Å². The molecule has 2 heterocycles. The summed E-state index contributed by atoms with van der Waals surface area (Å²) in [4.78, 5) is 29.0. The zero-order valence-electron chi connectivity index (χ0n) is 17.9. The molecule has 1 aliphatic rings. The number of hydrogen-bond acceptors (Lipinski definition) is 5. The number of rotatable bonds is 7. The number of carbonyl (C=O) groups excluding carboxylic acids is 2. The van der Waals surface area contributed by atoms with E-state index in [-0.39, 0.29) is 24.0 Å². The predicted molar refractivity (Wildman–Crippen MR) is 108 cm³/mol. The van der Waals surface area contributed by atoms with E-state index in [4.69, 9.17) is 9.15 Å². The molecular formula is C21H35N3O4. The van der Waals surface area contributed by atoms with Crippen LogP contribution >= 0.6 is 0 Å². The van der Waals surface area contributed by atoms with Crippen LogP contribution in [0.1, 0.15) is 59.3 Å². The molecule has 2 unspecified atom stereocenters. The van der Waals surface area contributed by atoms with E-state index in [0.29, 0.717) is 19.6 Å². The maximum Gasteiger partial charge on any atom is 0.410 e. The molecule has 0 spiro atoms. The summed E-state index contributed by atoms with van der Waals surface area (Å²) < 4.78 is 11.0. The van der Waals surface area contributed by atoms with Gasteiger partial charge in [0.25, 0.3) is 0 Å². The van der Waals surface area contributed by atoms with E-state index in [1.54, 1.807) is 11.2 Å². The monoisotopic (exact) mass is 393 g/mol. The van der Waals surface area contributed by atoms with Gasteiger partial charge in [-0.05, 0) is 58.8 Å². The number of likely N-dealkylation sites (N-methyl/N-ethyl adjacent to an activating group) is 1. The van der Waals surface area contributed by atoms with E-state index in [1.165, 1.54) is 0 Å². The lowest BCUT2D eigenvalue weighted by Gasteiger charge is -2.34. The van der Waals surface area contributed by atoms with Crippen molar-refractivity contribution in [2.45, 2.75) is 59.1 Å². The van der Waals surface area contributed by atoms with Gasteiger partial charge in [0.05, 0.1) is 18.2 Å². The highest BCUT2D eigenvalue weighted by Crippen LogP contribution is 2.22. The molecule has 1 aliphatic heterocycles. The average Bonchev–Trinajstić information content (AvgIpc) is 3.18. The van der Waals surface area contributed by atoms with E-state index < -0.39 is 5.60 Å². The molecule has 0 bridgehead atoms. The Morgan fingerprint density at radius 3 is 2.64 bits per heavy atom. The molecule has 7 heteroatoms. The van der Waals surface area contributed by atoms with Gasteiger partial charge in [0.15, 0.2) is 0 Å². The van der Waals surface area contributed by atoms with Crippen LogP contribution in [-0.2, 0) is 9.53 Å². The summed E-state index contributed by atoms with van der Waals surface area (Å²) in [5.41, 5.74) is -0.535. The van der Waals surface area contributed by atoms with Crippen molar-refractivity contribution in [2.75, 3.05) is 32.7 Å². The zero-order valence-corrected chi connectivity index (χ0v) is 17.9. The first kappa shape index (κ1) is 22.3. The van der Waals surface area contributed by atoms with Crippen molar-refractivity contribution < 1.29 is 18.7 Å². The van der Waals surface area contributed by atoms with Gasteiger partial charge in [-0.2, -0.15) is 0 Å². The summed E-state index contributed by atoms with van der Waals surface area (Å²) in [6.07, 6.45) is 2.89. The summed E-state index contributed by atoms with van der Waals surface area (Å²) >= 11 is 0. The number of ether oxygens (including phenoxy) is 1. The molecule has 1 aromatic heterocycles. The minimum atomic E-state index is -0.535. The molecule has 1 saturated heterocycles. The lowest BCUT2D eigenvalue weighted by molar-refractivity contribution is -0.126. The van der Waals surface area contributed by atoms with E-state index >= 15 is 0 Å². The van der Waals surface area contributed by atoms with E-state index in [2.05, 4.69) is 24.1 Å². The smallest absolute Gasteiger partial charge is 0.410 e. The molecule has 0 saturated carbocycles. The molecular weight excluding hydrogens is 358 g/mol. The normalized spacial score (nSPS) is 18.8. The van der Waals surface area contributed by atoms with Crippen LogP contribution in [0.25, 0.3) is 0 Å². The number of carbonyl (C=O) groups is 2. The second-order valence-corrected chi connectivity index (χ2v) is 8.26. The van der Waals surface area contributed by atoms with Crippen LogP contribution in [0.5, 0.6) is 0 Å². The summed E-state index contributed by atoms with van der Waals surface area (Å²) in [7, 11) is 0. The fraction of sp³-hybridized carbons (Fsp3) is 0.714. The van der Waals surface area contributed by atoms with Crippen molar-refractivity contribution in [3.63, 3.8) is 0 Å². The molecule has 1 aromatic rings. The SMILES string of the molecule is CCN(CC)C(CNC(=O)C1CCCN(C(=O)OC(C)(C)C)C1)c1ccco1. The maximum atomic E-state index is 12.8. The second-order valence-electron chi connectivity index (χ2n) is 8.26. The molecule has 2 amide bonds. The molecule has 1 fully saturated rings. The van der Waals surface area contributed by atoms with Crippen LogP contribution in [0, 0.1) is 5.92 Å². The van der Waals surface area contributed by atoms with Crippen LogP contribution in [0.15, 0.2) is 22.8 Å². The Bertz CT molecular complexity index is 620. The van der Waals surface area contributed by atoms with Crippen LogP contribution in [0.2, 0.25) is 0 Å². The summed E-state index contributed by atoms with van der Waals surface area (Å²) in [5, 5.41) is 3.08. The second kappa shape index (κ2) is 9.96. The molecule has 158 valence electrons. The molecule has 28 heavy (non-hydrogen) atoms. The Morgan fingerprint density at radius 1 is 1.36 bits per heavy atom. The van der Waals surface area contributed by atoms with Crippen molar-refractivity contribution in [2.24, 2.45) is 5.92 Å². The van der Waals surface area contributed by atoms with Crippen LogP contribution in [0.4, 0.5) is 4.79 Å². The van der Waals surface area contributed by atoms with Gasteiger partial charge in [0.1, 0.15) is 11.4 Å².